The van der Waals surface area contributed by atoms with E-state index in [9.17, 15) is 13.2 Å². The van der Waals surface area contributed by atoms with E-state index in [1.165, 1.54) is 0 Å². The lowest BCUT2D eigenvalue weighted by atomic mass is 9.89. The zero-order chi connectivity index (χ0) is 14.0. The second kappa shape index (κ2) is 5.53. The van der Waals surface area contributed by atoms with Gasteiger partial charge in [0.05, 0.1) is 11.6 Å². The van der Waals surface area contributed by atoms with Crippen LogP contribution in [0.15, 0.2) is 0 Å². The molecule has 2 atom stereocenters. The summed E-state index contributed by atoms with van der Waals surface area (Å²) in [5.41, 5.74) is 1.47. The van der Waals surface area contributed by atoms with Crippen LogP contribution in [0.1, 0.15) is 30.6 Å². The number of aromatic nitrogens is 2. The lowest BCUT2D eigenvalue weighted by Crippen LogP contribution is -2.28. The van der Waals surface area contributed by atoms with E-state index in [0.717, 1.165) is 11.5 Å². The van der Waals surface area contributed by atoms with Gasteiger partial charge in [-0.3, -0.25) is 0 Å². The van der Waals surface area contributed by atoms with E-state index in [0.29, 0.717) is 31.1 Å². The highest BCUT2D eigenvalue weighted by atomic mass is 19.4. The zero-order valence-corrected chi connectivity index (χ0v) is 11.2. The molecule has 0 aliphatic heterocycles. The summed E-state index contributed by atoms with van der Waals surface area (Å²) < 4.78 is 43.2. The minimum absolute atomic E-state index is 0.0322. The van der Waals surface area contributed by atoms with Gasteiger partial charge in [0, 0.05) is 32.3 Å². The molecule has 0 saturated carbocycles. The largest absolute Gasteiger partial charge is 0.392 e. The molecule has 19 heavy (non-hydrogen) atoms. The molecule has 2 rings (SSSR count). The first-order valence-corrected chi connectivity index (χ1v) is 6.52. The highest BCUT2D eigenvalue weighted by Gasteiger charge is 2.41. The van der Waals surface area contributed by atoms with Crippen molar-refractivity contribution in [2.75, 3.05) is 13.7 Å². The van der Waals surface area contributed by atoms with E-state index in [2.05, 4.69) is 9.97 Å². The first kappa shape index (κ1) is 14.4. The fourth-order valence-electron chi connectivity index (χ4n) is 2.59. The van der Waals surface area contributed by atoms with Crippen molar-refractivity contribution in [3.8, 4) is 0 Å². The van der Waals surface area contributed by atoms with Crippen LogP contribution < -0.4 is 0 Å². The number of hydrogen-bond donors (Lipinski definition) is 1. The maximum atomic E-state index is 12.7. The highest BCUT2D eigenvalue weighted by Crippen LogP contribution is 2.36. The Labute approximate surface area is 110 Å². The van der Waals surface area contributed by atoms with E-state index in [4.69, 9.17) is 4.74 Å². The Hall–Kier alpha value is -1.04. The van der Waals surface area contributed by atoms with Gasteiger partial charge in [0.25, 0.3) is 0 Å². The van der Waals surface area contributed by atoms with Crippen molar-refractivity contribution in [2.24, 2.45) is 11.8 Å². The quantitative estimate of drug-likeness (QED) is 0.918. The van der Waals surface area contributed by atoms with Crippen molar-refractivity contribution in [3.05, 3.63) is 17.2 Å². The molecule has 2 unspecified atom stereocenters. The molecule has 1 aliphatic carbocycles. The van der Waals surface area contributed by atoms with E-state index in [-0.39, 0.29) is 12.8 Å². The van der Waals surface area contributed by atoms with Crippen molar-refractivity contribution < 1.29 is 17.9 Å². The summed E-state index contributed by atoms with van der Waals surface area (Å²) in [7, 11) is 1.64. The molecule has 1 heterocycles. The minimum atomic E-state index is -4.10. The molecule has 3 nitrogen and oxygen atoms in total. The van der Waals surface area contributed by atoms with Gasteiger partial charge in [-0.1, -0.05) is 6.92 Å². The van der Waals surface area contributed by atoms with Gasteiger partial charge in [-0.05, 0) is 18.8 Å². The molecule has 6 heteroatoms. The topological polar surface area (TPSA) is 37.9 Å². The van der Waals surface area contributed by atoms with Crippen molar-refractivity contribution in [2.45, 2.75) is 38.8 Å². The van der Waals surface area contributed by atoms with Gasteiger partial charge in [0.2, 0.25) is 0 Å². The number of H-pyrrole nitrogens is 1. The Kier molecular flexibility index (Phi) is 4.18. The van der Waals surface area contributed by atoms with Gasteiger partial charge < -0.3 is 9.72 Å². The highest BCUT2D eigenvalue weighted by molar-refractivity contribution is 5.19. The number of fused-ring (bicyclic) bond motifs is 1. The van der Waals surface area contributed by atoms with Crippen molar-refractivity contribution in [1.29, 1.82) is 0 Å². The minimum Gasteiger partial charge on any atom is -0.384 e. The fourth-order valence-corrected chi connectivity index (χ4v) is 2.59. The lowest BCUT2D eigenvalue weighted by Gasteiger charge is -2.23. The van der Waals surface area contributed by atoms with Crippen molar-refractivity contribution in [3.63, 3.8) is 0 Å². The SMILES string of the molecule is COCC(C)Cc1nc2c([nH]1)CC(C(F)(F)F)CC2. The Morgan fingerprint density at radius 2 is 2.21 bits per heavy atom. The second-order valence-electron chi connectivity index (χ2n) is 5.35. The Balaban J connectivity index is 2.04. The Bertz CT molecular complexity index is 428. The molecule has 0 spiro atoms. The van der Waals surface area contributed by atoms with E-state index in [1.807, 2.05) is 6.92 Å². The van der Waals surface area contributed by atoms with Gasteiger partial charge >= 0.3 is 6.18 Å². The van der Waals surface area contributed by atoms with Crippen LogP contribution in [-0.4, -0.2) is 29.9 Å². The number of imidazole rings is 1. The molecule has 1 N–H and O–H groups in total. The number of aryl methyl sites for hydroxylation is 1. The van der Waals surface area contributed by atoms with Gasteiger partial charge in [0.15, 0.2) is 0 Å². The Morgan fingerprint density at radius 1 is 1.47 bits per heavy atom. The molecule has 1 aromatic rings. The third-order valence-electron chi connectivity index (χ3n) is 3.55. The van der Waals surface area contributed by atoms with Crippen LogP contribution in [0.25, 0.3) is 0 Å². The molecule has 0 amide bonds. The molecule has 0 aromatic carbocycles. The number of methoxy groups -OCH3 is 1. The van der Waals surface area contributed by atoms with Crippen LogP contribution in [0.2, 0.25) is 0 Å². The van der Waals surface area contributed by atoms with E-state index < -0.39 is 12.1 Å². The third-order valence-corrected chi connectivity index (χ3v) is 3.55. The molecular formula is C13H19F3N2O. The average molecular weight is 276 g/mol. The number of nitrogens with one attached hydrogen (secondary N) is 1. The lowest BCUT2D eigenvalue weighted by molar-refractivity contribution is -0.177. The predicted molar refractivity (Wildman–Crippen MR) is 64.9 cm³/mol. The molecular weight excluding hydrogens is 257 g/mol. The third kappa shape index (κ3) is 3.49. The van der Waals surface area contributed by atoms with Crippen LogP contribution in [0, 0.1) is 11.8 Å². The maximum absolute atomic E-state index is 12.7. The molecule has 0 saturated heterocycles. The smallest absolute Gasteiger partial charge is 0.384 e. The second-order valence-corrected chi connectivity index (χ2v) is 5.35. The number of alkyl halides is 3. The molecule has 108 valence electrons. The van der Waals surface area contributed by atoms with Crippen LogP contribution >= 0.6 is 0 Å². The Morgan fingerprint density at radius 3 is 2.84 bits per heavy atom. The van der Waals surface area contributed by atoms with Crippen LogP contribution in [-0.2, 0) is 24.0 Å². The summed E-state index contributed by atoms with van der Waals surface area (Å²) in [6.07, 6.45) is -2.81. The summed E-state index contributed by atoms with van der Waals surface area (Å²) in [6, 6.07) is 0. The van der Waals surface area contributed by atoms with Gasteiger partial charge in [0.1, 0.15) is 5.82 Å². The van der Waals surface area contributed by atoms with Crippen molar-refractivity contribution >= 4 is 0 Å². The molecule has 0 bridgehead atoms. The molecule has 1 aliphatic rings. The summed E-state index contributed by atoms with van der Waals surface area (Å²) >= 11 is 0. The van der Waals surface area contributed by atoms with Crippen molar-refractivity contribution in [1.82, 2.24) is 9.97 Å². The summed E-state index contributed by atoms with van der Waals surface area (Å²) in [5.74, 6) is -0.155. The normalized spacial score (nSPS) is 21.2. The number of aromatic amines is 1. The van der Waals surface area contributed by atoms with E-state index in [1.54, 1.807) is 7.11 Å². The standard InChI is InChI=1S/C13H19F3N2O/c1-8(7-19-2)5-12-17-10-4-3-9(13(14,15)16)6-11(10)18-12/h8-9H,3-7H2,1-2H3,(H,17,18). The number of hydrogen-bond acceptors (Lipinski definition) is 2. The monoisotopic (exact) mass is 276 g/mol. The summed E-state index contributed by atoms with van der Waals surface area (Å²) in [5, 5.41) is 0. The van der Waals surface area contributed by atoms with Gasteiger partial charge in [-0.25, -0.2) is 4.98 Å². The van der Waals surface area contributed by atoms with Crippen LogP contribution in [0.4, 0.5) is 13.2 Å². The van der Waals surface area contributed by atoms with Crippen LogP contribution in [0.3, 0.4) is 0 Å². The van der Waals surface area contributed by atoms with Gasteiger partial charge in [-0.15, -0.1) is 0 Å². The predicted octanol–water partition coefficient (Wildman–Crippen LogP) is 2.90. The zero-order valence-electron chi connectivity index (χ0n) is 11.2. The molecule has 0 radical (unpaired) electrons. The number of rotatable bonds is 4. The number of ether oxygens (including phenoxy) is 1. The molecule has 0 fully saturated rings. The number of halogens is 3. The first-order valence-electron chi connectivity index (χ1n) is 6.52. The summed E-state index contributed by atoms with van der Waals surface area (Å²) in [4.78, 5) is 7.47. The number of nitrogens with zero attached hydrogens (tertiary/aromatic N) is 1. The first-order chi connectivity index (χ1) is 8.90. The fraction of sp³-hybridized carbons (Fsp3) is 0.769. The maximum Gasteiger partial charge on any atom is 0.392 e. The van der Waals surface area contributed by atoms with Gasteiger partial charge in [-0.2, -0.15) is 13.2 Å². The van der Waals surface area contributed by atoms with Crippen LogP contribution in [0.5, 0.6) is 0 Å². The molecule has 1 aromatic heterocycles. The summed E-state index contributed by atoms with van der Waals surface area (Å²) in [6.45, 7) is 2.65. The average Bonchev–Trinajstić information content (AvgIpc) is 2.68. The van der Waals surface area contributed by atoms with E-state index >= 15 is 0 Å².